The van der Waals surface area contributed by atoms with E-state index in [9.17, 15) is 9.59 Å². The highest BCUT2D eigenvalue weighted by Gasteiger charge is 2.13. The molecular weight excluding hydrogens is 314 g/mol. The quantitative estimate of drug-likeness (QED) is 0.650. The Morgan fingerprint density at radius 2 is 1.91 bits per heavy atom. The Balaban J connectivity index is 1.98. The van der Waals surface area contributed by atoms with Gasteiger partial charge in [-0.05, 0) is 36.6 Å². The van der Waals surface area contributed by atoms with Crippen LogP contribution in [0.15, 0.2) is 53.4 Å². The van der Waals surface area contributed by atoms with Gasteiger partial charge in [0.05, 0.1) is 7.11 Å². The lowest BCUT2D eigenvalue weighted by Crippen LogP contribution is -2.21. The fourth-order valence-corrected chi connectivity index (χ4v) is 2.37. The first kappa shape index (κ1) is 16.9. The molecule has 120 valence electrons. The monoisotopic (exact) mass is 331 g/mol. The fourth-order valence-electron chi connectivity index (χ4n) is 1.91. The van der Waals surface area contributed by atoms with Crippen LogP contribution in [0.1, 0.15) is 10.4 Å². The summed E-state index contributed by atoms with van der Waals surface area (Å²) in [6.45, 7) is -0.197. The van der Waals surface area contributed by atoms with E-state index in [-0.39, 0.29) is 18.1 Å². The van der Waals surface area contributed by atoms with Gasteiger partial charge in [-0.25, -0.2) is 4.79 Å². The van der Waals surface area contributed by atoms with Crippen LogP contribution in [-0.4, -0.2) is 31.8 Å². The van der Waals surface area contributed by atoms with Crippen molar-refractivity contribution in [2.75, 3.05) is 25.3 Å². The summed E-state index contributed by atoms with van der Waals surface area (Å²) in [5.74, 6) is -0.496. The molecule has 0 fully saturated rings. The first-order valence-electron chi connectivity index (χ1n) is 6.88. The smallest absolute Gasteiger partial charge is 0.341 e. The third-order valence-electron chi connectivity index (χ3n) is 3.00. The molecule has 0 radical (unpaired) electrons. The van der Waals surface area contributed by atoms with Gasteiger partial charge in [-0.1, -0.05) is 18.2 Å². The van der Waals surface area contributed by atoms with Crippen LogP contribution in [0.25, 0.3) is 0 Å². The van der Waals surface area contributed by atoms with E-state index in [0.29, 0.717) is 11.4 Å². The summed E-state index contributed by atoms with van der Waals surface area (Å²) in [6.07, 6.45) is 1.97. The van der Waals surface area contributed by atoms with Gasteiger partial charge in [0, 0.05) is 10.6 Å². The van der Waals surface area contributed by atoms with Gasteiger partial charge in [-0.15, -0.1) is 11.8 Å². The van der Waals surface area contributed by atoms with Crippen LogP contribution in [0.2, 0.25) is 0 Å². The van der Waals surface area contributed by atoms with Crippen LogP contribution in [-0.2, 0) is 9.53 Å². The van der Waals surface area contributed by atoms with Crippen LogP contribution < -0.4 is 10.1 Å². The second-order valence-electron chi connectivity index (χ2n) is 4.56. The third-order valence-corrected chi connectivity index (χ3v) is 3.73. The number of rotatable bonds is 6. The number of thioether (sulfide) groups is 1. The average molecular weight is 331 g/mol. The molecule has 23 heavy (non-hydrogen) atoms. The molecule has 2 rings (SSSR count). The molecule has 0 heterocycles. The molecule has 0 atom stereocenters. The van der Waals surface area contributed by atoms with Gasteiger partial charge in [0.15, 0.2) is 6.61 Å². The number of ether oxygens (including phenoxy) is 2. The van der Waals surface area contributed by atoms with Crippen LogP contribution in [0, 0.1) is 0 Å². The molecule has 6 heteroatoms. The van der Waals surface area contributed by atoms with Crippen LogP contribution in [0.5, 0.6) is 5.75 Å². The Bertz CT molecular complexity index is 702. The Morgan fingerprint density at radius 3 is 2.65 bits per heavy atom. The second kappa shape index (κ2) is 8.24. The van der Waals surface area contributed by atoms with Gasteiger partial charge in [0.2, 0.25) is 0 Å². The topological polar surface area (TPSA) is 64.6 Å². The zero-order valence-corrected chi connectivity index (χ0v) is 13.7. The number of hydrogen-bond donors (Lipinski definition) is 1. The largest absolute Gasteiger partial charge is 0.483 e. The maximum Gasteiger partial charge on any atom is 0.341 e. The number of para-hydroxylation sites is 1. The van der Waals surface area contributed by atoms with E-state index in [2.05, 4.69) is 10.1 Å². The summed E-state index contributed by atoms with van der Waals surface area (Å²) >= 11 is 1.59. The van der Waals surface area contributed by atoms with E-state index in [4.69, 9.17) is 4.74 Å². The molecule has 0 unspecified atom stereocenters. The van der Waals surface area contributed by atoms with E-state index >= 15 is 0 Å². The lowest BCUT2D eigenvalue weighted by molar-refractivity contribution is -0.118. The summed E-state index contributed by atoms with van der Waals surface area (Å²) in [6, 6.07) is 14.1. The van der Waals surface area contributed by atoms with E-state index in [0.717, 1.165) is 4.90 Å². The predicted octanol–water partition coefficient (Wildman–Crippen LogP) is 3.21. The van der Waals surface area contributed by atoms with Crippen molar-refractivity contribution < 1.29 is 19.1 Å². The number of benzene rings is 2. The van der Waals surface area contributed by atoms with Crippen LogP contribution in [0.4, 0.5) is 5.69 Å². The standard InChI is InChI=1S/C17H17NO4S/c1-21-17(20)14-8-3-4-9-15(14)22-11-16(19)18-12-6-5-7-13(10-12)23-2/h3-10H,11H2,1-2H3,(H,18,19). The summed E-state index contributed by atoms with van der Waals surface area (Å²) in [5.41, 5.74) is 0.985. The van der Waals surface area contributed by atoms with Gasteiger partial charge in [-0.2, -0.15) is 0 Å². The van der Waals surface area contributed by atoms with E-state index in [1.807, 2.05) is 24.5 Å². The first-order valence-corrected chi connectivity index (χ1v) is 8.10. The molecule has 0 aliphatic carbocycles. The Morgan fingerprint density at radius 1 is 1.13 bits per heavy atom. The maximum absolute atomic E-state index is 12.0. The molecule has 0 aliphatic rings. The summed E-state index contributed by atoms with van der Waals surface area (Å²) in [5, 5.41) is 2.76. The van der Waals surface area contributed by atoms with E-state index < -0.39 is 5.97 Å². The molecule has 2 aromatic carbocycles. The first-order chi connectivity index (χ1) is 11.1. The highest BCUT2D eigenvalue weighted by molar-refractivity contribution is 7.98. The number of methoxy groups -OCH3 is 1. The molecular formula is C17H17NO4S. The van der Waals surface area contributed by atoms with Crippen molar-refractivity contribution in [3.05, 3.63) is 54.1 Å². The minimum absolute atomic E-state index is 0.197. The molecule has 2 aromatic rings. The van der Waals surface area contributed by atoms with E-state index in [1.165, 1.54) is 7.11 Å². The van der Waals surface area contributed by atoms with Crippen molar-refractivity contribution in [3.63, 3.8) is 0 Å². The van der Waals surface area contributed by atoms with E-state index in [1.54, 1.807) is 42.1 Å². The minimum atomic E-state index is -0.506. The van der Waals surface area contributed by atoms with Crippen molar-refractivity contribution in [2.45, 2.75) is 4.90 Å². The SMILES string of the molecule is COC(=O)c1ccccc1OCC(=O)Nc1cccc(SC)c1. The second-order valence-corrected chi connectivity index (χ2v) is 5.44. The third kappa shape index (κ3) is 4.75. The van der Waals surface area contributed by atoms with Crippen molar-refractivity contribution >= 4 is 29.3 Å². The van der Waals surface area contributed by atoms with Crippen molar-refractivity contribution in [1.29, 1.82) is 0 Å². The molecule has 1 amide bonds. The van der Waals surface area contributed by atoms with Crippen LogP contribution in [0.3, 0.4) is 0 Å². The minimum Gasteiger partial charge on any atom is -0.483 e. The van der Waals surface area contributed by atoms with Crippen molar-refractivity contribution in [2.24, 2.45) is 0 Å². The zero-order chi connectivity index (χ0) is 16.7. The molecule has 1 N–H and O–H groups in total. The number of hydrogen-bond acceptors (Lipinski definition) is 5. The highest BCUT2D eigenvalue weighted by Crippen LogP contribution is 2.20. The maximum atomic E-state index is 12.0. The number of carbonyl (C=O) groups is 2. The lowest BCUT2D eigenvalue weighted by Gasteiger charge is -2.10. The Labute approximate surface area is 139 Å². The van der Waals surface area contributed by atoms with Crippen molar-refractivity contribution in [3.8, 4) is 5.75 Å². The molecule has 0 aliphatic heterocycles. The number of nitrogens with one attached hydrogen (secondary N) is 1. The molecule has 0 aromatic heterocycles. The molecule has 0 spiro atoms. The number of amides is 1. The average Bonchev–Trinajstić information content (AvgIpc) is 2.59. The predicted molar refractivity (Wildman–Crippen MR) is 90.1 cm³/mol. The lowest BCUT2D eigenvalue weighted by atomic mass is 10.2. The molecule has 5 nitrogen and oxygen atoms in total. The number of esters is 1. The van der Waals surface area contributed by atoms with Gasteiger partial charge in [0.25, 0.3) is 5.91 Å². The van der Waals surface area contributed by atoms with Crippen molar-refractivity contribution in [1.82, 2.24) is 0 Å². The zero-order valence-electron chi connectivity index (χ0n) is 12.9. The number of anilines is 1. The van der Waals surface area contributed by atoms with Gasteiger partial charge in [-0.3, -0.25) is 4.79 Å². The van der Waals surface area contributed by atoms with Gasteiger partial charge < -0.3 is 14.8 Å². The normalized spacial score (nSPS) is 10.0. The molecule has 0 bridgehead atoms. The Hall–Kier alpha value is -2.47. The summed E-state index contributed by atoms with van der Waals surface area (Å²) in [7, 11) is 1.30. The van der Waals surface area contributed by atoms with Gasteiger partial charge in [0.1, 0.15) is 11.3 Å². The van der Waals surface area contributed by atoms with Crippen LogP contribution >= 0.6 is 11.8 Å². The summed E-state index contributed by atoms with van der Waals surface area (Å²) in [4.78, 5) is 24.7. The fraction of sp³-hybridized carbons (Fsp3) is 0.176. The number of carbonyl (C=O) groups excluding carboxylic acids is 2. The molecule has 0 saturated carbocycles. The highest BCUT2D eigenvalue weighted by atomic mass is 32.2. The van der Waals surface area contributed by atoms with Gasteiger partial charge >= 0.3 is 5.97 Å². The Kier molecular flexibility index (Phi) is 6.05. The summed E-state index contributed by atoms with van der Waals surface area (Å²) < 4.78 is 10.1. The molecule has 0 saturated heterocycles.